The number of carbonyl (C=O) groups is 2. The SMILES string of the molecule is Cl.O=C(NCC1CNCC1O)c1ccc(CN2CCCC2=O)cc1. The zero-order valence-corrected chi connectivity index (χ0v) is 14.3. The Morgan fingerprint density at radius 1 is 1.29 bits per heavy atom. The van der Waals surface area contributed by atoms with E-state index >= 15 is 0 Å². The highest BCUT2D eigenvalue weighted by molar-refractivity contribution is 5.94. The van der Waals surface area contributed by atoms with Crippen molar-refractivity contribution in [3.63, 3.8) is 0 Å². The number of carbonyl (C=O) groups excluding carboxylic acids is 2. The van der Waals surface area contributed by atoms with Crippen LogP contribution in [0.25, 0.3) is 0 Å². The molecule has 0 spiro atoms. The van der Waals surface area contributed by atoms with Crippen LogP contribution in [0.5, 0.6) is 0 Å². The molecule has 0 bridgehead atoms. The van der Waals surface area contributed by atoms with Gasteiger partial charge in [-0.25, -0.2) is 0 Å². The first kappa shape index (κ1) is 18.7. The number of nitrogens with one attached hydrogen (secondary N) is 2. The molecule has 3 rings (SSSR count). The molecule has 2 aliphatic rings. The number of β-amino-alcohol motifs (C(OH)–C–C–N with tert-alkyl or cyclic N) is 1. The van der Waals surface area contributed by atoms with Crippen LogP contribution < -0.4 is 10.6 Å². The summed E-state index contributed by atoms with van der Waals surface area (Å²) in [6, 6.07) is 7.36. The molecule has 0 aromatic heterocycles. The van der Waals surface area contributed by atoms with Crippen molar-refractivity contribution in [1.29, 1.82) is 0 Å². The van der Waals surface area contributed by atoms with E-state index in [2.05, 4.69) is 10.6 Å². The average Bonchev–Trinajstić information content (AvgIpc) is 3.14. The molecule has 2 fully saturated rings. The van der Waals surface area contributed by atoms with Gasteiger partial charge in [0.25, 0.3) is 5.91 Å². The Kier molecular flexibility index (Phi) is 6.60. The van der Waals surface area contributed by atoms with E-state index in [0.29, 0.717) is 31.6 Å². The van der Waals surface area contributed by atoms with Crippen molar-refractivity contribution in [1.82, 2.24) is 15.5 Å². The van der Waals surface area contributed by atoms with Gasteiger partial charge in [0, 0.05) is 50.6 Å². The average molecular weight is 354 g/mol. The molecule has 7 heteroatoms. The van der Waals surface area contributed by atoms with Gasteiger partial charge in [-0.05, 0) is 24.1 Å². The Morgan fingerprint density at radius 2 is 2.04 bits per heavy atom. The van der Waals surface area contributed by atoms with E-state index in [9.17, 15) is 14.7 Å². The summed E-state index contributed by atoms with van der Waals surface area (Å²) in [4.78, 5) is 25.6. The summed E-state index contributed by atoms with van der Waals surface area (Å²) >= 11 is 0. The van der Waals surface area contributed by atoms with E-state index in [-0.39, 0.29) is 30.1 Å². The number of hydrogen-bond acceptors (Lipinski definition) is 4. The van der Waals surface area contributed by atoms with Crippen LogP contribution in [0.3, 0.4) is 0 Å². The second-order valence-corrected chi connectivity index (χ2v) is 6.31. The van der Waals surface area contributed by atoms with Gasteiger partial charge in [-0.15, -0.1) is 12.4 Å². The second-order valence-electron chi connectivity index (χ2n) is 6.31. The first-order valence-corrected chi connectivity index (χ1v) is 8.17. The highest BCUT2D eigenvalue weighted by Gasteiger charge is 2.25. The lowest BCUT2D eigenvalue weighted by atomic mass is 10.1. The van der Waals surface area contributed by atoms with Crippen molar-refractivity contribution in [2.45, 2.75) is 25.5 Å². The summed E-state index contributed by atoms with van der Waals surface area (Å²) in [7, 11) is 0. The summed E-state index contributed by atoms with van der Waals surface area (Å²) in [5.74, 6) is 0.142. The lowest BCUT2D eigenvalue weighted by Gasteiger charge is -2.16. The van der Waals surface area contributed by atoms with Gasteiger partial charge < -0.3 is 20.6 Å². The maximum Gasteiger partial charge on any atom is 0.251 e. The standard InChI is InChI=1S/C17H23N3O3.ClH/c21-15-10-18-8-14(15)9-19-17(23)13-5-3-12(4-6-13)11-20-7-1-2-16(20)22;/h3-6,14-15,18,21H,1-2,7-11H2,(H,19,23);1H. The van der Waals surface area contributed by atoms with Crippen LogP contribution in [0.4, 0.5) is 0 Å². The normalized spacial score (nSPS) is 23.2. The van der Waals surface area contributed by atoms with Crippen LogP contribution >= 0.6 is 12.4 Å². The van der Waals surface area contributed by atoms with Crippen molar-refractivity contribution < 1.29 is 14.7 Å². The maximum atomic E-state index is 12.1. The topological polar surface area (TPSA) is 81.7 Å². The Labute approximate surface area is 148 Å². The molecule has 0 saturated carbocycles. The maximum absolute atomic E-state index is 12.1. The van der Waals surface area contributed by atoms with E-state index in [0.717, 1.165) is 25.1 Å². The predicted molar refractivity (Wildman–Crippen MR) is 93.0 cm³/mol. The molecular formula is C17H24ClN3O3. The fraction of sp³-hybridized carbons (Fsp3) is 0.529. The van der Waals surface area contributed by atoms with Gasteiger partial charge in [0.1, 0.15) is 0 Å². The van der Waals surface area contributed by atoms with Crippen molar-refractivity contribution in [3.8, 4) is 0 Å². The number of amides is 2. The Hall–Kier alpha value is -1.63. The molecule has 2 aliphatic heterocycles. The number of aliphatic hydroxyl groups excluding tert-OH is 1. The minimum Gasteiger partial charge on any atom is -0.391 e. The van der Waals surface area contributed by atoms with Gasteiger partial charge in [-0.1, -0.05) is 12.1 Å². The first-order valence-electron chi connectivity index (χ1n) is 8.17. The summed E-state index contributed by atoms with van der Waals surface area (Å²) in [5, 5.41) is 15.7. The van der Waals surface area contributed by atoms with Crippen molar-refractivity contribution in [2.24, 2.45) is 5.92 Å². The zero-order valence-electron chi connectivity index (χ0n) is 13.5. The molecule has 24 heavy (non-hydrogen) atoms. The Bertz CT molecular complexity index is 579. The molecule has 2 amide bonds. The number of benzene rings is 1. The monoisotopic (exact) mass is 353 g/mol. The van der Waals surface area contributed by atoms with Crippen LogP contribution in [0.1, 0.15) is 28.8 Å². The van der Waals surface area contributed by atoms with Gasteiger partial charge in [0.05, 0.1) is 6.10 Å². The largest absolute Gasteiger partial charge is 0.391 e. The summed E-state index contributed by atoms with van der Waals surface area (Å²) < 4.78 is 0. The highest BCUT2D eigenvalue weighted by atomic mass is 35.5. The minimum atomic E-state index is -0.393. The van der Waals surface area contributed by atoms with E-state index in [1.807, 2.05) is 17.0 Å². The molecular weight excluding hydrogens is 330 g/mol. The quantitative estimate of drug-likeness (QED) is 0.721. The van der Waals surface area contributed by atoms with E-state index in [4.69, 9.17) is 0 Å². The predicted octanol–water partition coefficient (Wildman–Crippen LogP) is 0.541. The number of hydrogen-bond donors (Lipinski definition) is 3. The van der Waals surface area contributed by atoms with Crippen molar-refractivity contribution in [3.05, 3.63) is 35.4 Å². The molecule has 2 heterocycles. The molecule has 0 aliphatic carbocycles. The summed E-state index contributed by atoms with van der Waals surface area (Å²) in [6.45, 7) is 3.21. The number of likely N-dealkylation sites (tertiary alicyclic amines) is 1. The fourth-order valence-electron chi connectivity index (χ4n) is 3.11. The van der Waals surface area contributed by atoms with E-state index in [1.54, 1.807) is 12.1 Å². The molecule has 3 N–H and O–H groups in total. The van der Waals surface area contributed by atoms with Gasteiger partial charge >= 0.3 is 0 Å². The molecule has 2 unspecified atom stereocenters. The van der Waals surface area contributed by atoms with Crippen LogP contribution in [-0.2, 0) is 11.3 Å². The highest BCUT2D eigenvalue weighted by Crippen LogP contribution is 2.15. The number of halogens is 1. The third-order valence-electron chi connectivity index (χ3n) is 4.59. The Balaban J connectivity index is 0.00000208. The first-order chi connectivity index (χ1) is 11.1. The number of aliphatic hydroxyl groups is 1. The van der Waals surface area contributed by atoms with Crippen LogP contribution in [0.2, 0.25) is 0 Å². The van der Waals surface area contributed by atoms with E-state index < -0.39 is 6.10 Å². The van der Waals surface area contributed by atoms with Gasteiger partial charge in [-0.3, -0.25) is 9.59 Å². The molecule has 1 aromatic carbocycles. The third kappa shape index (κ3) is 4.47. The van der Waals surface area contributed by atoms with Gasteiger partial charge in [-0.2, -0.15) is 0 Å². The van der Waals surface area contributed by atoms with Crippen molar-refractivity contribution in [2.75, 3.05) is 26.2 Å². The lowest BCUT2D eigenvalue weighted by molar-refractivity contribution is -0.128. The Morgan fingerprint density at radius 3 is 2.62 bits per heavy atom. The van der Waals surface area contributed by atoms with Gasteiger partial charge in [0.2, 0.25) is 5.91 Å². The summed E-state index contributed by atoms with van der Waals surface area (Å²) in [5.41, 5.74) is 1.63. The van der Waals surface area contributed by atoms with Crippen LogP contribution in [0.15, 0.2) is 24.3 Å². The second kappa shape index (κ2) is 8.46. The third-order valence-corrected chi connectivity index (χ3v) is 4.59. The van der Waals surface area contributed by atoms with E-state index in [1.165, 1.54) is 0 Å². The molecule has 1 aromatic rings. The smallest absolute Gasteiger partial charge is 0.251 e. The number of nitrogens with zero attached hydrogens (tertiary/aromatic N) is 1. The lowest BCUT2D eigenvalue weighted by Crippen LogP contribution is -2.34. The minimum absolute atomic E-state index is 0. The molecule has 2 saturated heterocycles. The van der Waals surface area contributed by atoms with Crippen LogP contribution in [-0.4, -0.2) is 54.1 Å². The molecule has 0 radical (unpaired) electrons. The number of rotatable bonds is 5. The zero-order chi connectivity index (χ0) is 16.2. The summed E-state index contributed by atoms with van der Waals surface area (Å²) in [6.07, 6.45) is 1.18. The van der Waals surface area contributed by atoms with Crippen molar-refractivity contribution >= 4 is 24.2 Å². The molecule has 2 atom stereocenters. The van der Waals surface area contributed by atoms with Crippen LogP contribution in [0, 0.1) is 5.92 Å². The van der Waals surface area contributed by atoms with Gasteiger partial charge in [0.15, 0.2) is 0 Å². The fourth-order valence-corrected chi connectivity index (χ4v) is 3.11. The molecule has 132 valence electrons. The molecule has 6 nitrogen and oxygen atoms in total.